The largest absolute Gasteiger partial charge is 0.442 e. The van der Waals surface area contributed by atoms with Crippen LogP contribution in [0.5, 0.6) is 0 Å². The standard InChI is InChI=1S/C25H31F2N3O3S/c1-18(31)28-15-22-17-30(25(32)33-22)21-8-9-23(24(27)14-21)20-6-4-19(5-7-20)16-29(11-3-10-26)12-13-34-2/h4-9,14,22H,3,10-13,15-17H2,1-2H3,(H,28,31). The molecular weight excluding hydrogens is 460 g/mol. The van der Waals surface area contributed by atoms with Crippen molar-refractivity contribution in [3.8, 4) is 11.1 Å². The van der Waals surface area contributed by atoms with Gasteiger partial charge < -0.3 is 10.1 Å². The molecule has 1 saturated heterocycles. The zero-order valence-corrected chi connectivity index (χ0v) is 20.4. The minimum Gasteiger partial charge on any atom is -0.442 e. The predicted octanol–water partition coefficient (Wildman–Crippen LogP) is 4.48. The fourth-order valence-corrected chi connectivity index (χ4v) is 4.26. The van der Waals surface area contributed by atoms with Crippen LogP contribution in [0.15, 0.2) is 42.5 Å². The molecule has 0 saturated carbocycles. The van der Waals surface area contributed by atoms with Crippen LogP contribution < -0.4 is 10.2 Å². The van der Waals surface area contributed by atoms with Crippen LogP contribution in [0.25, 0.3) is 11.1 Å². The predicted molar refractivity (Wildman–Crippen MR) is 132 cm³/mol. The molecule has 0 aliphatic carbocycles. The topological polar surface area (TPSA) is 61.9 Å². The van der Waals surface area contributed by atoms with Crippen molar-refractivity contribution in [1.29, 1.82) is 0 Å². The molecule has 3 rings (SSSR count). The molecule has 1 aliphatic heterocycles. The molecule has 0 bridgehead atoms. The number of amides is 2. The highest BCUT2D eigenvalue weighted by atomic mass is 32.2. The summed E-state index contributed by atoms with van der Waals surface area (Å²) in [4.78, 5) is 26.9. The SMILES string of the molecule is CSCCN(CCCF)Cc1ccc(-c2ccc(N3CC(CNC(C)=O)OC3=O)cc2F)cc1. The number of carbonyl (C=O) groups is 2. The zero-order chi connectivity index (χ0) is 24.5. The lowest BCUT2D eigenvalue weighted by Gasteiger charge is -2.21. The van der Waals surface area contributed by atoms with Crippen molar-refractivity contribution in [2.45, 2.75) is 26.0 Å². The van der Waals surface area contributed by atoms with Gasteiger partial charge in [-0.05, 0) is 42.0 Å². The molecule has 0 aromatic heterocycles. The summed E-state index contributed by atoms with van der Waals surface area (Å²) in [6.07, 6.45) is 1.53. The number of thioether (sulfide) groups is 1. The van der Waals surface area contributed by atoms with Gasteiger partial charge in [0.05, 0.1) is 25.5 Å². The molecule has 2 aromatic rings. The van der Waals surface area contributed by atoms with E-state index in [-0.39, 0.29) is 25.7 Å². The number of halogens is 2. The summed E-state index contributed by atoms with van der Waals surface area (Å²) in [5.41, 5.74) is 2.67. The summed E-state index contributed by atoms with van der Waals surface area (Å²) in [7, 11) is 0. The third-order valence-electron chi connectivity index (χ3n) is 5.61. The molecular formula is C25H31F2N3O3S. The van der Waals surface area contributed by atoms with Crippen molar-refractivity contribution in [1.82, 2.24) is 10.2 Å². The first-order valence-electron chi connectivity index (χ1n) is 11.3. The van der Waals surface area contributed by atoms with E-state index in [0.29, 0.717) is 24.2 Å². The molecule has 6 nitrogen and oxygen atoms in total. The summed E-state index contributed by atoms with van der Waals surface area (Å²) in [5.74, 6) is 0.344. The van der Waals surface area contributed by atoms with E-state index in [1.165, 1.54) is 17.9 Å². The van der Waals surface area contributed by atoms with Gasteiger partial charge in [0.2, 0.25) is 5.91 Å². The lowest BCUT2D eigenvalue weighted by atomic mass is 10.0. The van der Waals surface area contributed by atoms with Gasteiger partial charge in [0.15, 0.2) is 0 Å². The fourth-order valence-electron chi connectivity index (χ4n) is 3.82. The van der Waals surface area contributed by atoms with Crippen molar-refractivity contribution >= 4 is 29.4 Å². The summed E-state index contributed by atoms with van der Waals surface area (Å²) in [5, 5.41) is 2.62. The van der Waals surface area contributed by atoms with Crippen LogP contribution in [0.4, 0.5) is 19.3 Å². The van der Waals surface area contributed by atoms with E-state index in [4.69, 9.17) is 4.74 Å². The van der Waals surface area contributed by atoms with E-state index < -0.39 is 18.0 Å². The van der Waals surface area contributed by atoms with Gasteiger partial charge in [0, 0.05) is 37.9 Å². The Labute approximate surface area is 203 Å². The molecule has 1 atom stereocenters. The minimum atomic E-state index is -0.564. The Morgan fingerprint density at radius 2 is 2.00 bits per heavy atom. The first-order chi connectivity index (χ1) is 16.4. The molecule has 1 aliphatic rings. The quantitative estimate of drug-likeness (QED) is 0.475. The summed E-state index contributed by atoms with van der Waals surface area (Å²) >= 11 is 1.76. The first-order valence-corrected chi connectivity index (χ1v) is 12.7. The number of hydrogen-bond donors (Lipinski definition) is 1. The van der Waals surface area contributed by atoms with Crippen molar-refractivity contribution in [2.24, 2.45) is 0 Å². The van der Waals surface area contributed by atoms with Crippen LogP contribution in [-0.4, -0.2) is 67.9 Å². The van der Waals surface area contributed by atoms with Gasteiger partial charge in [-0.1, -0.05) is 24.3 Å². The Morgan fingerprint density at radius 3 is 2.65 bits per heavy atom. The maximum Gasteiger partial charge on any atom is 0.414 e. The third-order valence-corrected chi connectivity index (χ3v) is 6.20. The van der Waals surface area contributed by atoms with Crippen molar-refractivity contribution in [3.63, 3.8) is 0 Å². The van der Waals surface area contributed by atoms with Gasteiger partial charge in [-0.2, -0.15) is 11.8 Å². The van der Waals surface area contributed by atoms with Crippen LogP contribution in [0.2, 0.25) is 0 Å². The van der Waals surface area contributed by atoms with Crippen LogP contribution >= 0.6 is 11.8 Å². The van der Waals surface area contributed by atoms with E-state index in [9.17, 15) is 18.4 Å². The Bertz CT molecular complexity index is 966. The van der Waals surface area contributed by atoms with E-state index in [2.05, 4.69) is 16.5 Å². The van der Waals surface area contributed by atoms with Crippen molar-refractivity contribution in [2.75, 3.05) is 49.8 Å². The fraction of sp³-hybridized carbons (Fsp3) is 0.440. The number of nitrogens with one attached hydrogen (secondary N) is 1. The Hall–Kier alpha value is -2.65. The first kappa shape index (κ1) is 26.0. The molecule has 2 aromatic carbocycles. The van der Waals surface area contributed by atoms with Crippen LogP contribution in [-0.2, 0) is 16.1 Å². The number of rotatable bonds is 12. The lowest BCUT2D eigenvalue weighted by Crippen LogP contribution is -2.33. The second-order valence-corrected chi connectivity index (χ2v) is 9.21. The number of alkyl halides is 1. The molecule has 1 fully saturated rings. The average molecular weight is 492 g/mol. The second-order valence-electron chi connectivity index (χ2n) is 8.23. The highest BCUT2D eigenvalue weighted by molar-refractivity contribution is 7.98. The van der Waals surface area contributed by atoms with E-state index in [0.717, 1.165) is 30.0 Å². The molecule has 184 valence electrons. The second kappa shape index (κ2) is 12.7. The Morgan fingerprint density at radius 1 is 1.24 bits per heavy atom. The number of nitrogens with zero attached hydrogens (tertiary/aromatic N) is 2. The zero-order valence-electron chi connectivity index (χ0n) is 19.6. The van der Waals surface area contributed by atoms with Gasteiger partial charge in [0.1, 0.15) is 11.9 Å². The number of cyclic esters (lactones) is 1. The maximum atomic E-state index is 15.0. The van der Waals surface area contributed by atoms with Crippen LogP contribution in [0.1, 0.15) is 18.9 Å². The Balaban J connectivity index is 1.66. The van der Waals surface area contributed by atoms with Gasteiger partial charge in [0.25, 0.3) is 0 Å². The normalized spacial score (nSPS) is 15.6. The molecule has 1 N–H and O–H groups in total. The molecule has 1 unspecified atom stereocenters. The van der Waals surface area contributed by atoms with E-state index >= 15 is 0 Å². The molecule has 34 heavy (non-hydrogen) atoms. The Kier molecular flexibility index (Phi) is 9.71. The molecule has 1 heterocycles. The molecule has 0 radical (unpaired) electrons. The van der Waals surface area contributed by atoms with Crippen molar-refractivity contribution < 1.29 is 23.1 Å². The number of anilines is 1. The third kappa shape index (κ3) is 7.17. The van der Waals surface area contributed by atoms with E-state index in [1.54, 1.807) is 23.9 Å². The highest BCUT2D eigenvalue weighted by Crippen LogP contribution is 2.29. The average Bonchev–Trinajstić information content (AvgIpc) is 3.20. The van der Waals surface area contributed by atoms with E-state index in [1.807, 2.05) is 24.3 Å². The summed E-state index contributed by atoms with van der Waals surface area (Å²) in [6.45, 7) is 3.84. The molecule has 2 amide bonds. The molecule has 9 heteroatoms. The van der Waals surface area contributed by atoms with Gasteiger partial charge >= 0.3 is 6.09 Å². The highest BCUT2D eigenvalue weighted by Gasteiger charge is 2.32. The number of ether oxygens (including phenoxy) is 1. The van der Waals surface area contributed by atoms with Crippen LogP contribution in [0, 0.1) is 5.82 Å². The summed E-state index contributed by atoms with van der Waals surface area (Å²) in [6, 6.07) is 12.4. The summed E-state index contributed by atoms with van der Waals surface area (Å²) < 4.78 is 32.8. The number of carbonyl (C=O) groups excluding carboxylic acids is 2. The monoisotopic (exact) mass is 491 g/mol. The molecule has 0 spiro atoms. The smallest absolute Gasteiger partial charge is 0.414 e. The van der Waals surface area contributed by atoms with Gasteiger partial charge in [-0.15, -0.1) is 0 Å². The van der Waals surface area contributed by atoms with Crippen molar-refractivity contribution in [3.05, 3.63) is 53.8 Å². The number of hydrogen-bond acceptors (Lipinski definition) is 5. The van der Waals surface area contributed by atoms with Gasteiger partial charge in [-0.25, -0.2) is 9.18 Å². The van der Waals surface area contributed by atoms with Gasteiger partial charge in [-0.3, -0.25) is 19.0 Å². The minimum absolute atomic E-state index is 0.205. The van der Waals surface area contributed by atoms with Crippen LogP contribution in [0.3, 0.4) is 0 Å². The maximum absolute atomic E-state index is 15.0. The lowest BCUT2D eigenvalue weighted by molar-refractivity contribution is -0.119. The number of benzene rings is 2.